The Kier molecular flexibility index (Phi) is 3.72. The fraction of sp³-hybridized carbons (Fsp3) is 0.417. The molecule has 0 heterocycles. The Balaban J connectivity index is 3.11. The van der Waals surface area contributed by atoms with Crippen molar-refractivity contribution in [2.45, 2.75) is 26.2 Å². The Labute approximate surface area is 89.7 Å². The van der Waals surface area contributed by atoms with Gasteiger partial charge in [-0.15, -0.1) is 0 Å². The number of hydrogen-bond donors (Lipinski definition) is 1. The van der Waals surface area contributed by atoms with Crippen LogP contribution in [0.3, 0.4) is 0 Å². The minimum Gasteiger partial charge on any atom is -0.497 e. The third-order valence-electron chi connectivity index (χ3n) is 2.50. The van der Waals surface area contributed by atoms with Gasteiger partial charge < -0.3 is 9.84 Å². The van der Waals surface area contributed by atoms with Gasteiger partial charge in [-0.2, -0.15) is 0 Å². The highest BCUT2D eigenvalue weighted by Crippen LogP contribution is 2.23. The maximum Gasteiger partial charge on any atom is 0.310 e. The van der Waals surface area contributed by atoms with Gasteiger partial charge in [-0.05, 0) is 36.6 Å². The van der Waals surface area contributed by atoms with Crippen LogP contribution in [-0.4, -0.2) is 18.2 Å². The van der Waals surface area contributed by atoms with Crippen molar-refractivity contribution in [1.82, 2.24) is 0 Å². The number of rotatable bonds is 4. The van der Waals surface area contributed by atoms with Crippen LogP contribution in [0, 0.1) is 0 Å². The average molecular weight is 208 g/mol. The van der Waals surface area contributed by atoms with E-state index in [0.717, 1.165) is 23.3 Å². The molecule has 0 aliphatic carbocycles. The number of aryl methyl sites for hydroxylation is 1. The molecule has 0 aromatic heterocycles. The van der Waals surface area contributed by atoms with E-state index in [1.165, 1.54) is 0 Å². The Morgan fingerprint density at radius 3 is 2.60 bits per heavy atom. The molecule has 0 saturated heterocycles. The maximum absolute atomic E-state index is 10.9. The molecule has 82 valence electrons. The minimum atomic E-state index is -0.815. The number of carbonyl (C=O) groups is 1. The molecule has 1 unspecified atom stereocenters. The number of ether oxygens (including phenoxy) is 1. The van der Waals surface area contributed by atoms with E-state index in [4.69, 9.17) is 9.84 Å². The van der Waals surface area contributed by atoms with Crippen LogP contribution in [0.4, 0.5) is 0 Å². The lowest BCUT2D eigenvalue weighted by Gasteiger charge is -2.11. The predicted octanol–water partition coefficient (Wildman–Crippen LogP) is 2.45. The summed E-state index contributed by atoms with van der Waals surface area (Å²) in [5, 5.41) is 8.92. The molecule has 3 heteroatoms. The minimum absolute atomic E-state index is 0.495. The van der Waals surface area contributed by atoms with Crippen LogP contribution in [-0.2, 0) is 11.2 Å². The highest BCUT2D eigenvalue weighted by molar-refractivity contribution is 5.75. The molecular formula is C12H16O3. The smallest absolute Gasteiger partial charge is 0.310 e. The highest BCUT2D eigenvalue weighted by atomic mass is 16.5. The summed E-state index contributed by atoms with van der Waals surface area (Å²) in [5.74, 6) is -0.590. The van der Waals surface area contributed by atoms with Crippen LogP contribution in [0.1, 0.15) is 30.9 Å². The topological polar surface area (TPSA) is 46.5 Å². The molecule has 1 rings (SSSR count). The zero-order valence-corrected chi connectivity index (χ0v) is 9.28. The molecule has 0 saturated carbocycles. The van der Waals surface area contributed by atoms with Crippen LogP contribution >= 0.6 is 0 Å². The Morgan fingerprint density at radius 1 is 1.47 bits per heavy atom. The molecule has 0 spiro atoms. The first kappa shape index (κ1) is 11.6. The Bertz CT molecular complexity index is 336. The summed E-state index contributed by atoms with van der Waals surface area (Å²) in [5.41, 5.74) is 1.89. The second kappa shape index (κ2) is 4.82. The van der Waals surface area contributed by atoms with Crippen molar-refractivity contribution in [2.75, 3.05) is 7.11 Å². The lowest BCUT2D eigenvalue weighted by atomic mass is 9.98. The third kappa shape index (κ3) is 2.72. The molecule has 0 fully saturated rings. The molecule has 15 heavy (non-hydrogen) atoms. The Morgan fingerprint density at radius 2 is 2.13 bits per heavy atom. The first-order valence-corrected chi connectivity index (χ1v) is 4.99. The first-order chi connectivity index (χ1) is 7.08. The summed E-state index contributed by atoms with van der Waals surface area (Å²) >= 11 is 0. The number of methoxy groups -OCH3 is 1. The lowest BCUT2D eigenvalue weighted by molar-refractivity contribution is -0.138. The molecule has 0 aliphatic rings. The van der Waals surface area contributed by atoms with E-state index >= 15 is 0 Å². The van der Waals surface area contributed by atoms with Crippen molar-refractivity contribution in [3.8, 4) is 5.75 Å². The van der Waals surface area contributed by atoms with Crippen LogP contribution in [0.2, 0.25) is 0 Å². The predicted molar refractivity (Wildman–Crippen MR) is 58.4 cm³/mol. The summed E-state index contributed by atoms with van der Waals surface area (Å²) in [6.07, 6.45) is 0.872. The zero-order valence-electron chi connectivity index (χ0n) is 9.28. The fourth-order valence-electron chi connectivity index (χ4n) is 1.40. The van der Waals surface area contributed by atoms with Crippen molar-refractivity contribution < 1.29 is 14.6 Å². The second-order valence-corrected chi connectivity index (χ2v) is 3.53. The van der Waals surface area contributed by atoms with Gasteiger partial charge in [0, 0.05) is 0 Å². The molecule has 3 nitrogen and oxygen atoms in total. The van der Waals surface area contributed by atoms with E-state index in [-0.39, 0.29) is 0 Å². The number of benzene rings is 1. The van der Waals surface area contributed by atoms with Crippen LogP contribution in [0.15, 0.2) is 18.2 Å². The fourth-order valence-corrected chi connectivity index (χ4v) is 1.40. The van der Waals surface area contributed by atoms with E-state index in [0.29, 0.717) is 0 Å². The van der Waals surface area contributed by atoms with E-state index in [2.05, 4.69) is 0 Å². The van der Waals surface area contributed by atoms with Crippen molar-refractivity contribution in [3.63, 3.8) is 0 Å². The van der Waals surface area contributed by atoms with E-state index < -0.39 is 11.9 Å². The highest BCUT2D eigenvalue weighted by Gasteiger charge is 2.14. The van der Waals surface area contributed by atoms with Crippen LogP contribution in [0.5, 0.6) is 5.75 Å². The molecule has 0 amide bonds. The number of carboxylic acids is 1. The van der Waals surface area contributed by atoms with Gasteiger partial charge in [0.1, 0.15) is 5.75 Å². The second-order valence-electron chi connectivity index (χ2n) is 3.53. The van der Waals surface area contributed by atoms with Gasteiger partial charge in [-0.25, -0.2) is 0 Å². The van der Waals surface area contributed by atoms with Gasteiger partial charge in [0.2, 0.25) is 0 Å². The summed E-state index contributed by atoms with van der Waals surface area (Å²) in [4.78, 5) is 10.9. The maximum atomic E-state index is 10.9. The largest absolute Gasteiger partial charge is 0.497 e. The van der Waals surface area contributed by atoms with Crippen molar-refractivity contribution >= 4 is 5.97 Å². The summed E-state index contributed by atoms with van der Waals surface area (Å²) in [6.45, 7) is 3.71. The molecule has 1 N–H and O–H groups in total. The lowest BCUT2D eigenvalue weighted by Crippen LogP contribution is -2.08. The number of hydrogen-bond acceptors (Lipinski definition) is 2. The third-order valence-corrected chi connectivity index (χ3v) is 2.50. The van der Waals surface area contributed by atoms with Crippen molar-refractivity contribution in [1.29, 1.82) is 0 Å². The average Bonchev–Trinajstić information content (AvgIpc) is 2.27. The SMILES string of the molecule is CCc1cc(OC)cc(C(C)C(=O)O)c1. The van der Waals surface area contributed by atoms with Gasteiger partial charge >= 0.3 is 5.97 Å². The van der Waals surface area contributed by atoms with Gasteiger partial charge in [0.25, 0.3) is 0 Å². The molecule has 0 aliphatic heterocycles. The molecule has 1 aromatic carbocycles. The van der Waals surface area contributed by atoms with Gasteiger partial charge in [0.05, 0.1) is 13.0 Å². The van der Waals surface area contributed by atoms with E-state index in [1.807, 2.05) is 19.1 Å². The van der Waals surface area contributed by atoms with Crippen LogP contribution in [0.25, 0.3) is 0 Å². The zero-order chi connectivity index (χ0) is 11.4. The molecule has 0 bridgehead atoms. The quantitative estimate of drug-likeness (QED) is 0.826. The van der Waals surface area contributed by atoms with Gasteiger partial charge in [-0.1, -0.05) is 13.0 Å². The summed E-state index contributed by atoms with van der Waals surface area (Å²) < 4.78 is 5.13. The van der Waals surface area contributed by atoms with Gasteiger partial charge in [-0.3, -0.25) is 4.79 Å². The van der Waals surface area contributed by atoms with E-state index in [9.17, 15) is 4.79 Å². The number of carboxylic acid groups (broad SMARTS) is 1. The molecule has 0 radical (unpaired) electrons. The van der Waals surface area contributed by atoms with Crippen molar-refractivity contribution in [2.24, 2.45) is 0 Å². The summed E-state index contributed by atoms with van der Waals surface area (Å²) in [6, 6.07) is 5.62. The van der Waals surface area contributed by atoms with Gasteiger partial charge in [0.15, 0.2) is 0 Å². The standard InChI is InChI=1S/C12H16O3/c1-4-9-5-10(8(2)12(13)14)7-11(6-9)15-3/h5-8H,4H2,1-3H3,(H,13,14). The first-order valence-electron chi connectivity index (χ1n) is 4.99. The van der Waals surface area contributed by atoms with E-state index in [1.54, 1.807) is 20.1 Å². The molecular weight excluding hydrogens is 192 g/mol. The summed E-state index contributed by atoms with van der Waals surface area (Å²) in [7, 11) is 1.59. The molecule has 1 atom stereocenters. The van der Waals surface area contributed by atoms with Crippen molar-refractivity contribution in [3.05, 3.63) is 29.3 Å². The van der Waals surface area contributed by atoms with Crippen LogP contribution < -0.4 is 4.74 Å². The molecule has 1 aromatic rings. The monoisotopic (exact) mass is 208 g/mol. The Hall–Kier alpha value is -1.51. The number of aliphatic carboxylic acids is 1. The normalized spacial score (nSPS) is 12.2.